The Kier molecular flexibility index (Phi) is 7.04. The lowest BCUT2D eigenvalue weighted by molar-refractivity contribution is -0.148. The quantitative estimate of drug-likeness (QED) is 0.280. The number of aliphatic carboxylic acids is 1. The SMILES string of the molecule is CN(C)c1cc(OC2CC2)cc(-c2ccc3c(c2)N(S(=O)(=O)c2cccc(C(F)(F)F)c2)C[C@H](C24CCC(C(=O)O)(CC2)C4)O3)c1. The number of fused-ring (bicyclic) bond motifs is 3. The van der Waals surface area contributed by atoms with Crippen molar-refractivity contribution >= 4 is 27.4 Å². The lowest BCUT2D eigenvalue weighted by atomic mass is 9.78. The Morgan fingerprint density at radius 2 is 1.74 bits per heavy atom. The second kappa shape index (κ2) is 10.5. The van der Waals surface area contributed by atoms with E-state index in [0.717, 1.165) is 40.5 Å². The third-order valence-electron chi connectivity index (χ3n) is 10.2. The van der Waals surface area contributed by atoms with E-state index in [-0.39, 0.29) is 24.1 Å². The lowest BCUT2D eigenvalue weighted by Gasteiger charge is -2.43. The van der Waals surface area contributed by atoms with E-state index in [9.17, 15) is 31.5 Å². The zero-order chi connectivity index (χ0) is 32.6. The Bertz CT molecular complexity index is 1810. The number of carboxylic acid groups (broad SMARTS) is 1. The van der Waals surface area contributed by atoms with Crippen LogP contribution >= 0.6 is 0 Å². The molecule has 3 aromatic rings. The van der Waals surface area contributed by atoms with E-state index in [0.29, 0.717) is 49.5 Å². The van der Waals surface area contributed by atoms with Crippen LogP contribution in [0, 0.1) is 10.8 Å². The van der Waals surface area contributed by atoms with E-state index in [2.05, 4.69) is 0 Å². The molecular formula is C34H35F3N2O6S. The largest absolute Gasteiger partial charge is 0.490 e. The summed E-state index contributed by atoms with van der Waals surface area (Å²) >= 11 is 0. The molecule has 46 heavy (non-hydrogen) atoms. The first kappa shape index (κ1) is 30.7. The minimum atomic E-state index is -4.73. The average Bonchev–Trinajstić information content (AvgIpc) is 3.63. The maximum Gasteiger partial charge on any atom is 0.416 e. The molecule has 12 heteroatoms. The highest BCUT2D eigenvalue weighted by molar-refractivity contribution is 7.92. The maximum absolute atomic E-state index is 14.3. The molecule has 0 aromatic heterocycles. The van der Waals surface area contributed by atoms with Gasteiger partial charge in [0, 0.05) is 31.3 Å². The molecule has 7 rings (SSSR count). The van der Waals surface area contributed by atoms with Crippen LogP contribution in [0.25, 0.3) is 11.1 Å². The third-order valence-corrected chi connectivity index (χ3v) is 12.0. The number of benzene rings is 3. The molecule has 0 spiro atoms. The van der Waals surface area contributed by atoms with Crippen LogP contribution in [0.4, 0.5) is 24.5 Å². The molecule has 4 aliphatic rings. The van der Waals surface area contributed by atoms with Crippen LogP contribution in [0.15, 0.2) is 65.6 Å². The summed E-state index contributed by atoms with van der Waals surface area (Å²) in [6.45, 7) is -0.154. The summed E-state index contributed by atoms with van der Waals surface area (Å²) in [6, 6.07) is 14.8. The van der Waals surface area contributed by atoms with Gasteiger partial charge in [-0.25, -0.2) is 8.42 Å². The minimum absolute atomic E-state index is 0.154. The molecule has 0 amide bonds. The van der Waals surface area contributed by atoms with E-state index < -0.39 is 49.6 Å². The van der Waals surface area contributed by atoms with Gasteiger partial charge in [-0.05, 0) is 98.5 Å². The molecule has 3 fully saturated rings. The maximum atomic E-state index is 14.3. The summed E-state index contributed by atoms with van der Waals surface area (Å²) in [6.07, 6.45) is -0.827. The Morgan fingerprint density at radius 1 is 1.00 bits per heavy atom. The summed E-state index contributed by atoms with van der Waals surface area (Å²) in [5.41, 5.74) is 0.0646. The molecule has 0 saturated heterocycles. The highest BCUT2D eigenvalue weighted by Gasteiger charge is 2.62. The number of hydrogen-bond acceptors (Lipinski definition) is 6. The Balaban J connectivity index is 1.33. The lowest BCUT2D eigenvalue weighted by Crippen LogP contribution is -2.50. The molecule has 3 saturated carbocycles. The molecule has 0 unspecified atom stereocenters. The Morgan fingerprint density at radius 3 is 2.37 bits per heavy atom. The van der Waals surface area contributed by atoms with Crippen molar-refractivity contribution in [1.29, 1.82) is 0 Å². The van der Waals surface area contributed by atoms with Gasteiger partial charge in [-0.2, -0.15) is 13.2 Å². The predicted octanol–water partition coefficient (Wildman–Crippen LogP) is 6.97. The van der Waals surface area contributed by atoms with Crippen LogP contribution in [0.3, 0.4) is 0 Å². The van der Waals surface area contributed by atoms with E-state index >= 15 is 0 Å². The van der Waals surface area contributed by atoms with E-state index in [4.69, 9.17) is 9.47 Å². The smallest absolute Gasteiger partial charge is 0.416 e. The average molecular weight is 657 g/mol. The van der Waals surface area contributed by atoms with Gasteiger partial charge >= 0.3 is 12.1 Å². The van der Waals surface area contributed by atoms with Crippen molar-refractivity contribution in [2.75, 3.05) is 29.8 Å². The van der Waals surface area contributed by atoms with Crippen molar-refractivity contribution in [3.8, 4) is 22.6 Å². The summed E-state index contributed by atoms with van der Waals surface area (Å²) < 4.78 is 83.4. The second-order valence-corrected chi connectivity index (χ2v) is 15.3. The number of anilines is 2. The Labute approximate surface area is 265 Å². The molecule has 8 nitrogen and oxygen atoms in total. The van der Waals surface area contributed by atoms with Crippen molar-refractivity contribution in [1.82, 2.24) is 0 Å². The molecule has 1 heterocycles. The first-order chi connectivity index (χ1) is 21.7. The van der Waals surface area contributed by atoms with Crippen molar-refractivity contribution < 1.29 is 41.0 Å². The molecule has 1 N–H and O–H groups in total. The Hall–Kier alpha value is -3.93. The van der Waals surface area contributed by atoms with Crippen molar-refractivity contribution in [3.63, 3.8) is 0 Å². The topological polar surface area (TPSA) is 96.4 Å². The van der Waals surface area contributed by atoms with Crippen LogP contribution < -0.4 is 18.7 Å². The molecule has 3 aliphatic carbocycles. The number of sulfonamides is 1. The van der Waals surface area contributed by atoms with Crippen molar-refractivity contribution in [3.05, 3.63) is 66.2 Å². The van der Waals surface area contributed by atoms with Gasteiger partial charge in [-0.15, -0.1) is 0 Å². The fraction of sp³-hybridized carbons (Fsp3) is 0.441. The molecule has 3 aromatic carbocycles. The predicted molar refractivity (Wildman–Crippen MR) is 166 cm³/mol. The highest BCUT2D eigenvalue weighted by atomic mass is 32.2. The van der Waals surface area contributed by atoms with E-state index in [1.807, 2.05) is 43.3 Å². The molecular weight excluding hydrogens is 621 g/mol. The number of carboxylic acids is 1. The molecule has 0 radical (unpaired) electrons. The van der Waals surface area contributed by atoms with Crippen LogP contribution in [0.1, 0.15) is 50.5 Å². The first-order valence-corrected chi connectivity index (χ1v) is 16.9. The number of hydrogen-bond donors (Lipinski definition) is 1. The number of alkyl halides is 3. The number of carbonyl (C=O) groups is 1. The first-order valence-electron chi connectivity index (χ1n) is 15.4. The molecule has 1 aliphatic heterocycles. The summed E-state index contributed by atoms with van der Waals surface area (Å²) in [5, 5.41) is 10.00. The standard InChI is InChI=1S/C34H35F3N2O6S/c1-38(2)24-14-22(15-26(18-24)44-25-7-8-25)21-6-9-29-28(16-21)39(46(42,43)27-5-3-4-23(17-27)34(35,36)37)19-30(45-29)32-10-12-33(20-32,13-11-32)31(40)41/h3-6,9,14-18,25,30H,7-8,10-13,19-20H2,1-2H3,(H,40,41)/t30-,32?,33?/m1/s1. The fourth-order valence-electron chi connectivity index (χ4n) is 7.37. The van der Waals surface area contributed by atoms with Crippen molar-refractivity contribution in [2.45, 2.75) is 68.2 Å². The minimum Gasteiger partial charge on any atom is -0.490 e. The summed E-state index contributed by atoms with van der Waals surface area (Å²) in [5.74, 6) is 0.115. The second-order valence-electron chi connectivity index (χ2n) is 13.4. The summed E-state index contributed by atoms with van der Waals surface area (Å²) in [7, 11) is -0.683. The summed E-state index contributed by atoms with van der Waals surface area (Å²) in [4.78, 5) is 13.7. The van der Waals surface area contributed by atoms with Gasteiger partial charge in [0.2, 0.25) is 0 Å². The number of rotatable bonds is 8. The van der Waals surface area contributed by atoms with Gasteiger partial charge in [0.05, 0.1) is 34.2 Å². The van der Waals surface area contributed by atoms with Crippen molar-refractivity contribution in [2.24, 2.45) is 10.8 Å². The fourth-order valence-corrected chi connectivity index (χ4v) is 8.89. The van der Waals surface area contributed by atoms with Crippen LogP contribution in [-0.4, -0.2) is 52.3 Å². The molecule has 2 bridgehead atoms. The highest BCUT2D eigenvalue weighted by Crippen LogP contribution is 2.64. The third kappa shape index (κ3) is 5.24. The monoisotopic (exact) mass is 656 g/mol. The van der Waals surface area contributed by atoms with Gasteiger partial charge in [0.1, 0.15) is 17.6 Å². The van der Waals surface area contributed by atoms with Crippen LogP contribution in [-0.2, 0) is 21.0 Å². The van der Waals surface area contributed by atoms with Gasteiger partial charge in [0.15, 0.2) is 0 Å². The normalized spacial score (nSPS) is 25.6. The molecule has 244 valence electrons. The zero-order valence-electron chi connectivity index (χ0n) is 25.5. The number of halogens is 3. The number of nitrogens with zero attached hydrogens (tertiary/aromatic N) is 2. The van der Waals surface area contributed by atoms with Gasteiger partial charge in [0.25, 0.3) is 10.0 Å². The number of ether oxygens (including phenoxy) is 2. The van der Waals surface area contributed by atoms with Gasteiger partial charge in [-0.3, -0.25) is 9.10 Å². The van der Waals surface area contributed by atoms with Gasteiger partial charge < -0.3 is 19.5 Å². The van der Waals surface area contributed by atoms with Gasteiger partial charge in [-0.1, -0.05) is 12.1 Å². The van der Waals surface area contributed by atoms with Crippen LogP contribution in [0.2, 0.25) is 0 Å². The van der Waals surface area contributed by atoms with E-state index in [1.165, 1.54) is 6.07 Å². The van der Waals surface area contributed by atoms with E-state index in [1.54, 1.807) is 12.1 Å². The zero-order valence-corrected chi connectivity index (χ0v) is 26.3. The van der Waals surface area contributed by atoms with Crippen LogP contribution in [0.5, 0.6) is 11.5 Å². The molecule has 1 atom stereocenters.